The van der Waals surface area contributed by atoms with Crippen molar-refractivity contribution in [3.8, 4) is 0 Å². The smallest absolute Gasteiger partial charge is 0.308 e. The lowest BCUT2D eigenvalue weighted by Crippen LogP contribution is -2.46. The average Bonchev–Trinajstić information content (AvgIpc) is 3.02. The summed E-state index contributed by atoms with van der Waals surface area (Å²) in [5, 5.41) is 3.74. The molecule has 3 aliphatic rings. The molecule has 0 radical (unpaired) electrons. The van der Waals surface area contributed by atoms with Crippen molar-refractivity contribution in [1.29, 1.82) is 0 Å². The van der Waals surface area contributed by atoms with Crippen LogP contribution in [0.5, 0.6) is 0 Å². The molecule has 1 aliphatic carbocycles. The minimum atomic E-state index is -0.00167. The number of rotatable bonds is 4. The van der Waals surface area contributed by atoms with Gasteiger partial charge in [-0.05, 0) is 45.4 Å². The van der Waals surface area contributed by atoms with E-state index < -0.39 is 0 Å². The number of nitrogens with one attached hydrogen (secondary N) is 1. The molecule has 108 valence electrons. The van der Waals surface area contributed by atoms with E-state index in [-0.39, 0.29) is 11.9 Å². The van der Waals surface area contributed by atoms with E-state index in [1.54, 1.807) is 0 Å². The van der Waals surface area contributed by atoms with Crippen molar-refractivity contribution >= 4 is 5.97 Å². The monoisotopic (exact) mass is 267 g/mol. The van der Waals surface area contributed by atoms with Crippen LogP contribution in [0.2, 0.25) is 0 Å². The van der Waals surface area contributed by atoms with Gasteiger partial charge in [-0.2, -0.15) is 0 Å². The first-order valence-corrected chi connectivity index (χ1v) is 7.84. The number of esters is 1. The molecule has 0 amide bonds. The highest BCUT2D eigenvalue weighted by molar-refractivity contribution is 5.72. The van der Waals surface area contributed by atoms with Gasteiger partial charge in [0.25, 0.3) is 0 Å². The third kappa shape index (κ3) is 2.95. The lowest BCUT2D eigenvalue weighted by atomic mass is 9.84. The topological polar surface area (TPSA) is 47.6 Å². The van der Waals surface area contributed by atoms with Crippen molar-refractivity contribution < 1.29 is 14.3 Å². The number of carbonyl (C=O) groups excluding carboxylic acids is 1. The molecular formula is C15H25NO3. The van der Waals surface area contributed by atoms with Gasteiger partial charge in [-0.15, -0.1) is 0 Å². The molecule has 3 fully saturated rings. The molecule has 0 aromatic carbocycles. The van der Waals surface area contributed by atoms with Gasteiger partial charge in [0.15, 0.2) is 0 Å². The summed E-state index contributed by atoms with van der Waals surface area (Å²) in [6.45, 7) is 2.37. The first-order valence-electron chi connectivity index (χ1n) is 7.84. The van der Waals surface area contributed by atoms with Crippen molar-refractivity contribution in [3.63, 3.8) is 0 Å². The van der Waals surface area contributed by atoms with Gasteiger partial charge in [-0.25, -0.2) is 0 Å². The number of hydrogen-bond donors (Lipinski definition) is 1. The highest BCUT2D eigenvalue weighted by Crippen LogP contribution is 2.35. The predicted molar refractivity (Wildman–Crippen MR) is 71.8 cm³/mol. The molecule has 4 nitrogen and oxygen atoms in total. The summed E-state index contributed by atoms with van der Waals surface area (Å²) in [7, 11) is 0. The first kappa shape index (κ1) is 13.4. The highest BCUT2D eigenvalue weighted by Gasteiger charge is 2.42. The molecule has 0 spiro atoms. The zero-order valence-corrected chi connectivity index (χ0v) is 11.8. The Hall–Kier alpha value is -0.610. The quantitative estimate of drug-likeness (QED) is 0.792. The van der Waals surface area contributed by atoms with Crippen molar-refractivity contribution in [2.24, 2.45) is 5.92 Å². The Balaban J connectivity index is 1.50. The standard InChI is InChI=1S/C15H25NO3/c1-2-18-15(17)10-4-3-5-11(8-10)16-13-9-12-6-7-14(13)19-12/h10-14,16H,2-9H2,1H3. The van der Waals surface area contributed by atoms with Crippen LogP contribution >= 0.6 is 0 Å². The summed E-state index contributed by atoms with van der Waals surface area (Å²) in [6, 6.07) is 0.987. The fourth-order valence-electron chi connectivity index (χ4n) is 3.93. The van der Waals surface area contributed by atoms with Crippen LogP contribution in [0.4, 0.5) is 0 Å². The molecule has 5 unspecified atom stereocenters. The fraction of sp³-hybridized carbons (Fsp3) is 0.933. The molecule has 2 heterocycles. The van der Waals surface area contributed by atoms with Gasteiger partial charge >= 0.3 is 5.97 Å². The first-order chi connectivity index (χ1) is 9.26. The van der Waals surface area contributed by atoms with Crippen LogP contribution in [0.1, 0.15) is 51.9 Å². The lowest BCUT2D eigenvalue weighted by molar-refractivity contribution is -0.149. The maximum atomic E-state index is 11.8. The number of ether oxygens (including phenoxy) is 2. The van der Waals surface area contributed by atoms with Crippen LogP contribution in [-0.4, -0.2) is 36.9 Å². The Morgan fingerprint density at radius 2 is 2.16 bits per heavy atom. The summed E-state index contributed by atoms with van der Waals surface area (Å²) < 4.78 is 11.0. The molecule has 5 atom stereocenters. The summed E-state index contributed by atoms with van der Waals surface area (Å²) in [5.41, 5.74) is 0. The second-order valence-electron chi connectivity index (χ2n) is 6.20. The zero-order chi connectivity index (χ0) is 13.2. The van der Waals surface area contributed by atoms with Gasteiger partial charge in [-0.3, -0.25) is 4.79 Å². The van der Waals surface area contributed by atoms with E-state index in [2.05, 4.69) is 5.32 Å². The highest BCUT2D eigenvalue weighted by atomic mass is 16.5. The molecule has 2 bridgehead atoms. The van der Waals surface area contributed by atoms with Crippen LogP contribution in [0.15, 0.2) is 0 Å². The molecule has 19 heavy (non-hydrogen) atoms. The Bertz CT molecular complexity index is 333. The molecule has 2 saturated heterocycles. The van der Waals surface area contributed by atoms with Gasteiger partial charge in [-0.1, -0.05) is 6.42 Å². The molecular weight excluding hydrogens is 242 g/mol. The maximum Gasteiger partial charge on any atom is 0.308 e. The fourth-order valence-corrected chi connectivity index (χ4v) is 3.93. The van der Waals surface area contributed by atoms with E-state index in [1.165, 1.54) is 19.3 Å². The number of hydrogen-bond acceptors (Lipinski definition) is 4. The Kier molecular flexibility index (Phi) is 4.08. The lowest BCUT2D eigenvalue weighted by Gasteiger charge is -2.32. The van der Waals surface area contributed by atoms with Crippen molar-refractivity contribution in [1.82, 2.24) is 5.32 Å². The van der Waals surface area contributed by atoms with Crippen LogP contribution in [0.3, 0.4) is 0 Å². The van der Waals surface area contributed by atoms with E-state index in [1.807, 2.05) is 6.92 Å². The minimum Gasteiger partial charge on any atom is -0.466 e. The van der Waals surface area contributed by atoms with Crippen molar-refractivity contribution in [3.05, 3.63) is 0 Å². The van der Waals surface area contributed by atoms with Gasteiger partial charge in [0, 0.05) is 12.1 Å². The minimum absolute atomic E-state index is 0.00167. The summed E-state index contributed by atoms with van der Waals surface area (Å²) in [6.07, 6.45) is 8.75. The van der Waals surface area contributed by atoms with E-state index in [0.29, 0.717) is 30.9 Å². The Morgan fingerprint density at radius 3 is 2.84 bits per heavy atom. The number of carbonyl (C=O) groups is 1. The summed E-state index contributed by atoms with van der Waals surface area (Å²) >= 11 is 0. The van der Waals surface area contributed by atoms with E-state index in [0.717, 1.165) is 25.7 Å². The summed E-state index contributed by atoms with van der Waals surface area (Å²) in [4.78, 5) is 11.8. The average molecular weight is 267 g/mol. The van der Waals surface area contributed by atoms with Crippen LogP contribution in [0, 0.1) is 5.92 Å². The Labute approximate surface area is 115 Å². The van der Waals surface area contributed by atoms with E-state index in [4.69, 9.17) is 9.47 Å². The molecule has 0 aromatic heterocycles. The molecule has 0 aromatic rings. The molecule has 4 heteroatoms. The second kappa shape index (κ2) is 5.80. The number of fused-ring (bicyclic) bond motifs is 2. The van der Waals surface area contributed by atoms with Crippen molar-refractivity contribution in [2.75, 3.05) is 6.61 Å². The van der Waals surface area contributed by atoms with Gasteiger partial charge in [0.05, 0.1) is 24.7 Å². The SMILES string of the molecule is CCOC(=O)C1CCCC(NC2CC3CCC2O3)C1. The van der Waals surface area contributed by atoms with E-state index >= 15 is 0 Å². The molecule has 2 aliphatic heterocycles. The third-order valence-corrected chi connectivity index (χ3v) is 4.85. The predicted octanol–water partition coefficient (Wildman–Crippen LogP) is 2.02. The molecule has 1 N–H and O–H groups in total. The second-order valence-corrected chi connectivity index (χ2v) is 6.20. The summed E-state index contributed by atoms with van der Waals surface area (Å²) in [5.74, 6) is 0.101. The van der Waals surface area contributed by atoms with Crippen molar-refractivity contribution in [2.45, 2.75) is 76.2 Å². The van der Waals surface area contributed by atoms with Crippen LogP contribution < -0.4 is 5.32 Å². The van der Waals surface area contributed by atoms with Gasteiger partial charge < -0.3 is 14.8 Å². The van der Waals surface area contributed by atoms with Crippen LogP contribution in [-0.2, 0) is 14.3 Å². The zero-order valence-electron chi connectivity index (χ0n) is 11.8. The molecule has 1 saturated carbocycles. The van der Waals surface area contributed by atoms with Gasteiger partial charge in [0.2, 0.25) is 0 Å². The van der Waals surface area contributed by atoms with Crippen LogP contribution in [0.25, 0.3) is 0 Å². The normalized spacial score (nSPS) is 41.4. The van der Waals surface area contributed by atoms with Gasteiger partial charge in [0.1, 0.15) is 0 Å². The largest absolute Gasteiger partial charge is 0.466 e. The third-order valence-electron chi connectivity index (χ3n) is 4.85. The Morgan fingerprint density at radius 1 is 1.26 bits per heavy atom. The van der Waals surface area contributed by atoms with E-state index in [9.17, 15) is 4.79 Å². The maximum absolute atomic E-state index is 11.8. The molecule has 3 rings (SSSR count).